The van der Waals surface area contributed by atoms with Crippen molar-refractivity contribution in [1.82, 2.24) is 30.2 Å². The minimum Gasteiger partial charge on any atom is -0.480 e. The predicted octanol–water partition coefficient (Wildman–Crippen LogP) is 2.76. The second-order valence-corrected chi connectivity index (χ2v) is 18.0. The zero-order valence-corrected chi connectivity index (χ0v) is 39.6. The molecule has 2 aromatic heterocycles. The number of aliphatic hydroxyl groups excluding tert-OH is 4. The Hall–Kier alpha value is -4.95. The second-order valence-electron chi connectivity index (χ2n) is 18.0. The van der Waals surface area contributed by atoms with Crippen LogP contribution in [0.2, 0.25) is 0 Å². The van der Waals surface area contributed by atoms with Gasteiger partial charge < -0.3 is 54.8 Å². The zero-order valence-electron chi connectivity index (χ0n) is 39.6. The molecule has 67 heavy (non-hydrogen) atoms. The number of aliphatic carboxylic acids is 1. The molecule has 1 aliphatic carbocycles. The normalized spacial score (nSPS) is 20.4. The third-order valence-electron chi connectivity index (χ3n) is 13.4. The Labute approximate surface area is 394 Å². The fraction of sp³-hybridized carbons (Fsp3) is 0.688. The minimum absolute atomic E-state index is 0.0167. The summed E-state index contributed by atoms with van der Waals surface area (Å²) in [5.41, 5.74) is 2.41. The fourth-order valence-electron chi connectivity index (χ4n) is 10.1. The lowest BCUT2D eigenvalue weighted by atomic mass is 9.84. The Morgan fingerprint density at radius 2 is 1.24 bits per heavy atom. The van der Waals surface area contributed by atoms with Crippen molar-refractivity contribution in [3.8, 4) is 0 Å². The van der Waals surface area contributed by atoms with Crippen LogP contribution in [-0.4, -0.2) is 178 Å². The van der Waals surface area contributed by atoms with Crippen LogP contribution in [0.3, 0.4) is 0 Å². The van der Waals surface area contributed by atoms with E-state index < -0.39 is 24.1 Å². The molecule has 6 N–H and O–H groups in total. The van der Waals surface area contributed by atoms with Crippen molar-refractivity contribution >= 4 is 52.4 Å². The molecule has 1 aromatic carbocycles. The first-order chi connectivity index (χ1) is 32.6. The van der Waals surface area contributed by atoms with Crippen LogP contribution in [0.5, 0.6) is 0 Å². The zero-order chi connectivity index (χ0) is 47.7. The van der Waals surface area contributed by atoms with E-state index in [0.717, 1.165) is 94.7 Å². The third-order valence-corrected chi connectivity index (χ3v) is 13.4. The van der Waals surface area contributed by atoms with Crippen molar-refractivity contribution in [2.45, 2.75) is 121 Å². The largest absolute Gasteiger partial charge is 0.480 e. The van der Waals surface area contributed by atoms with Crippen molar-refractivity contribution in [1.29, 1.82) is 0 Å². The van der Waals surface area contributed by atoms with Crippen LogP contribution in [0.15, 0.2) is 30.3 Å². The molecule has 1 saturated carbocycles. The average molecular weight is 935 g/mol. The molecule has 0 radical (unpaired) electrons. The van der Waals surface area contributed by atoms with E-state index in [1.54, 1.807) is 28.5 Å². The van der Waals surface area contributed by atoms with Gasteiger partial charge in [-0.15, -0.1) is 0 Å². The van der Waals surface area contributed by atoms with Gasteiger partial charge in [0.05, 0.1) is 39.1 Å². The van der Waals surface area contributed by atoms with Gasteiger partial charge in [0, 0.05) is 58.4 Å². The van der Waals surface area contributed by atoms with E-state index in [9.17, 15) is 39.9 Å². The Morgan fingerprint density at radius 3 is 1.72 bits per heavy atom. The summed E-state index contributed by atoms with van der Waals surface area (Å²) in [7, 11) is 0. The number of nitrogens with zero attached hydrogens (tertiary/aromatic N) is 9. The molecule has 3 aliphatic heterocycles. The number of benzene rings is 1. The number of piperidine rings is 2. The summed E-state index contributed by atoms with van der Waals surface area (Å²) in [6.07, 6.45) is 12.2. The van der Waals surface area contributed by atoms with Gasteiger partial charge >= 0.3 is 11.9 Å². The SMILES string of the molecule is CCOC(=O)[C@H](CCc1ccccc1)N[C@@H](C)C(=O)N1[C@H](C(=O)O)C[C@H]2CCCC[C@@H]21.OCCN(CCO)c1nc(N2CCCCC2)c2nc(N(CCO)CCO)nc(N3CCCCC3)c2n1. The molecule has 19 nitrogen and oxygen atoms in total. The number of carbonyl (C=O) groups excluding carboxylic acids is 2. The fourth-order valence-corrected chi connectivity index (χ4v) is 10.1. The number of likely N-dealkylation sites (tertiary alicyclic amines) is 1. The molecular formula is C48H74N10O9. The minimum atomic E-state index is -0.944. The number of anilines is 4. The van der Waals surface area contributed by atoms with Gasteiger partial charge in [0.1, 0.15) is 23.1 Å². The number of aromatic nitrogens is 4. The summed E-state index contributed by atoms with van der Waals surface area (Å²) in [6, 6.07) is 7.75. The number of aryl methyl sites for hydroxylation is 1. The maximum absolute atomic E-state index is 13.4. The molecule has 4 aliphatic rings. The lowest BCUT2D eigenvalue weighted by molar-refractivity contribution is -0.152. The van der Waals surface area contributed by atoms with Gasteiger partial charge in [0.2, 0.25) is 17.8 Å². The van der Waals surface area contributed by atoms with Crippen molar-refractivity contribution in [3.63, 3.8) is 0 Å². The van der Waals surface area contributed by atoms with Crippen molar-refractivity contribution in [2.75, 3.05) is 105 Å². The lowest BCUT2D eigenvalue weighted by Crippen LogP contribution is -2.55. The Morgan fingerprint density at radius 1 is 0.731 bits per heavy atom. The molecule has 370 valence electrons. The van der Waals surface area contributed by atoms with Crippen LogP contribution in [0.1, 0.15) is 96.5 Å². The molecule has 0 spiro atoms. The number of carboxylic acid groups (broad SMARTS) is 1. The highest BCUT2D eigenvalue weighted by atomic mass is 16.5. The van der Waals surface area contributed by atoms with Crippen molar-refractivity contribution in [3.05, 3.63) is 35.9 Å². The van der Waals surface area contributed by atoms with Crippen LogP contribution in [0, 0.1) is 5.92 Å². The second kappa shape index (κ2) is 26.0. The summed E-state index contributed by atoms with van der Waals surface area (Å²) < 4.78 is 5.22. The maximum Gasteiger partial charge on any atom is 0.326 e. The molecule has 4 fully saturated rings. The number of esters is 1. The lowest BCUT2D eigenvalue weighted by Gasteiger charge is -2.35. The highest BCUT2D eigenvalue weighted by molar-refractivity contribution is 5.95. The quantitative estimate of drug-likeness (QED) is 0.0842. The topological polar surface area (TPSA) is 241 Å². The van der Waals surface area contributed by atoms with E-state index in [4.69, 9.17) is 24.7 Å². The highest BCUT2D eigenvalue weighted by Gasteiger charge is 2.48. The smallest absolute Gasteiger partial charge is 0.326 e. The summed E-state index contributed by atoms with van der Waals surface area (Å²) in [4.78, 5) is 67.1. The van der Waals surface area contributed by atoms with Crippen molar-refractivity contribution < 1.29 is 44.7 Å². The number of carboxylic acids is 1. The summed E-state index contributed by atoms with van der Waals surface area (Å²) in [5, 5.41) is 51.4. The van der Waals surface area contributed by atoms with Gasteiger partial charge in [0.25, 0.3) is 0 Å². The molecule has 7 rings (SSSR count). The molecule has 0 bridgehead atoms. The number of ether oxygens (including phenoxy) is 1. The summed E-state index contributed by atoms with van der Waals surface area (Å²) in [5.74, 6) is 1.04. The standard InChI is InChI=1S/C24H40N8O4.C24H34N2O5/c33-15-11-31(12-16-34)23-26-20-19(21(27-23)29-7-3-1-4-8-29)25-24(32(13-17-35)14-18-36)28-22(20)30-9-5-2-6-10-30;1-3-31-24(30)19(14-13-17-9-5-4-6-10-17)25-16(2)22(27)26-20-12-8-7-11-18(20)15-21(26)23(28)29/h33-36H,1-18H2;4-6,9-10,16,18-21,25H,3,7-8,11-15H2,1-2H3,(H,28,29)/t;16-,18+,19-,20-,21-/m.0/s1. The first-order valence-corrected chi connectivity index (χ1v) is 24.7. The number of amides is 1. The van der Waals surface area contributed by atoms with Gasteiger partial charge in [0.15, 0.2) is 11.6 Å². The molecule has 5 heterocycles. The Balaban J connectivity index is 0.000000224. The highest BCUT2D eigenvalue weighted by Crippen LogP contribution is 2.40. The molecular weight excluding hydrogens is 861 g/mol. The Bertz CT molecular complexity index is 1930. The summed E-state index contributed by atoms with van der Waals surface area (Å²) in [6.45, 7) is 8.11. The van der Waals surface area contributed by atoms with Gasteiger partial charge in [-0.25, -0.2) is 14.8 Å². The van der Waals surface area contributed by atoms with E-state index in [2.05, 4.69) is 15.1 Å². The molecule has 0 unspecified atom stereocenters. The molecule has 3 aromatic rings. The number of aliphatic hydroxyl groups is 4. The van der Waals surface area contributed by atoms with E-state index >= 15 is 0 Å². The van der Waals surface area contributed by atoms with Crippen molar-refractivity contribution in [2.24, 2.45) is 5.92 Å². The number of hydrogen-bond acceptors (Lipinski definition) is 17. The number of nitrogens with one attached hydrogen (secondary N) is 1. The average Bonchev–Trinajstić information content (AvgIpc) is 3.75. The van der Waals surface area contributed by atoms with E-state index in [1.807, 2.05) is 30.3 Å². The molecule has 1 amide bonds. The van der Waals surface area contributed by atoms with Crippen LogP contribution in [-0.2, 0) is 25.5 Å². The van der Waals surface area contributed by atoms with E-state index in [1.165, 1.54) is 12.8 Å². The first-order valence-electron chi connectivity index (χ1n) is 24.7. The van der Waals surface area contributed by atoms with Crippen LogP contribution in [0.25, 0.3) is 11.0 Å². The maximum atomic E-state index is 13.4. The van der Waals surface area contributed by atoms with Crippen LogP contribution >= 0.6 is 0 Å². The molecule has 3 saturated heterocycles. The number of hydrogen-bond donors (Lipinski definition) is 6. The molecule has 19 heteroatoms. The number of fused-ring (bicyclic) bond motifs is 2. The van der Waals surface area contributed by atoms with E-state index in [-0.39, 0.29) is 56.9 Å². The van der Waals surface area contributed by atoms with Gasteiger partial charge in [-0.05, 0) is 96.0 Å². The van der Waals surface area contributed by atoms with Gasteiger partial charge in [-0.3, -0.25) is 14.9 Å². The van der Waals surface area contributed by atoms with Gasteiger partial charge in [-0.2, -0.15) is 9.97 Å². The number of carbonyl (C=O) groups is 3. The monoisotopic (exact) mass is 935 g/mol. The first kappa shape index (κ1) is 51.4. The number of rotatable bonds is 21. The predicted molar refractivity (Wildman–Crippen MR) is 256 cm³/mol. The van der Waals surface area contributed by atoms with E-state index in [0.29, 0.717) is 68.4 Å². The van der Waals surface area contributed by atoms with Gasteiger partial charge in [-0.1, -0.05) is 43.2 Å². The molecule has 5 atom stereocenters. The third kappa shape index (κ3) is 13.4. The van der Waals surface area contributed by atoms with Crippen LogP contribution < -0.4 is 24.9 Å². The summed E-state index contributed by atoms with van der Waals surface area (Å²) >= 11 is 0. The van der Waals surface area contributed by atoms with Crippen LogP contribution in [0.4, 0.5) is 23.5 Å². The Kier molecular flexibility index (Phi) is 19.9.